The van der Waals surface area contributed by atoms with Crippen LogP contribution in [0.3, 0.4) is 0 Å². The van der Waals surface area contributed by atoms with Gasteiger partial charge in [0.2, 0.25) is 5.95 Å². The molecule has 4 rings (SSSR count). The van der Waals surface area contributed by atoms with Gasteiger partial charge < -0.3 is 10.2 Å². The number of nitrogens with zero attached hydrogens (tertiary/aromatic N) is 5. The molecule has 1 N–H and O–H groups in total. The van der Waals surface area contributed by atoms with Gasteiger partial charge in [-0.1, -0.05) is 6.07 Å². The number of hydrogen-bond donors (Lipinski definition) is 1. The van der Waals surface area contributed by atoms with Gasteiger partial charge in [0.1, 0.15) is 11.6 Å². The van der Waals surface area contributed by atoms with Crippen molar-refractivity contribution in [1.29, 1.82) is 0 Å². The van der Waals surface area contributed by atoms with Crippen LogP contribution in [0.4, 0.5) is 21.8 Å². The van der Waals surface area contributed by atoms with Gasteiger partial charge in [0.25, 0.3) is 0 Å². The first-order valence-electron chi connectivity index (χ1n) is 7.68. The second-order valence-corrected chi connectivity index (χ2v) is 5.71. The molecule has 1 fully saturated rings. The van der Waals surface area contributed by atoms with Crippen LogP contribution < -0.4 is 10.2 Å². The fourth-order valence-electron chi connectivity index (χ4n) is 2.93. The van der Waals surface area contributed by atoms with Crippen molar-refractivity contribution in [1.82, 2.24) is 19.7 Å². The molecule has 1 aromatic carbocycles. The van der Waals surface area contributed by atoms with Gasteiger partial charge in [-0.2, -0.15) is 15.1 Å². The van der Waals surface area contributed by atoms with Crippen LogP contribution in [0.1, 0.15) is 12.8 Å². The second kappa shape index (κ2) is 5.49. The van der Waals surface area contributed by atoms with E-state index in [0.29, 0.717) is 11.6 Å². The van der Waals surface area contributed by atoms with Crippen LogP contribution in [-0.4, -0.2) is 32.8 Å². The smallest absolute Gasteiger partial charge is 0.231 e. The highest BCUT2D eigenvalue weighted by Crippen LogP contribution is 2.28. The van der Waals surface area contributed by atoms with Gasteiger partial charge in [-0.05, 0) is 31.0 Å². The molecule has 3 heterocycles. The van der Waals surface area contributed by atoms with Gasteiger partial charge in [-0.25, -0.2) is 4.39 Å². The fraction of sp³-hybridized carbons (Fsp3) is 0.312. The van der Waals surface area contributed by atoms with E-state index in [1.165, 1.54) is 25.0 Å². The standard InChI is InChI=1S/C16H17FN6/c1-22-14-13(10-18-22)15(23-7-2-3-8-23)21-16(20-14)19-12-6-4-5-11(17)9-12/h4-6,9-10H,2-3,7-8H2,1H3,(H,19,20,21). The third kappa shape index (κ3) is 2.58. The molecule has 2 aromatic heterocycles. The number of aromatic nitrogens is 4. The zero-order chi connectivity index (χ0) is 15.8. The van der Waals surface area contributed by atoms with Gasteiger partial charge in [-0.15, -0.1) is 0 Å². The molecule has 0 radical (unpaired) electrons. The molecule has 0 saturated carbocycles. The van der Waals surface area contributed by atoms with Gasteiger partial charge >= 0.3 is 0 Å². The number of anilines is 3. The minimum Gasteiger partial charge on any atom is -0.356 e. The number of fused-ring (bicyclic) bond motifs is 1. The number of nitrogens with one attached hydrogen (secondary N) is 1. The van der Waals surface area contributed by atoms with Crippen LogP contribution >= 0.6 is 0 Å². The highest BCUT2D eigenvalue weighted by atomic mass is 19.1. The summed E-state index contributed by atoms with van der Waals surface area (Å²) in [6.07, 6.45) is 4.13. The summed E-state index contributed by atoms with van der Waals surface area (Å²) in [4.78, 5) is 11.4. The molecule has 7 heteroatoms. The first-order valence-corrected chi connectivity index (χ1v) is 7.68. The third-order valence-corrected chi connectivity index (χ3v) is 4.06. The summed E-state index contributed by atoms with van der Waals surface area (Å²) in [5, 5.41) is 8.32. The van der Waals surface area contributed by atoms with Crippen molar-refractivity contribution in [2.45, 2.75) is 12.8 Å². The molecule has 0 atom stereocenters. The van der Waals surface area contributed by atoms with Crippen molar-refractivity contribution in [3.63, 3.8) is 0 Å². The summed E-state index contributed by atoms with van der Waals surface area (Å²) in [6.45, 7) is 1.97. The summed E-state index contributed by atoms with van der Waals surface area (Å²) in [5.74, 6) is 1.05. The number of halogens is 1. The van der Waals surface area contributed by atoms with Crippen LogP contribution in [0.5, 0.6) is 0 Å². The molecule has 118 valence electrons. The van der Waals surface area contributed by atoms with E-state index in [2.05, 4.69) is 25.3 Å². The molecule has 0 spiro atoms. The topological polar surface area (TPSA) is 58.9 Å². The maximum atomic E-state index is 13.4. The maximum absolute atomic E-state index is 13.4. The lowest BCUT2D eigenvalue weighted by Crippen LogP contribution is -2.20. The maximum Gasteiger partial charge on any atom is 0.231 e. The summed E-state index contributed by atoms with van der Waals surface area (Å²) >= 11 is 0. The van der Waals surface area contributed by atoms with Crippen LogP contribution in [0.15, 0.2) is 30.5 Å². The van der Waals surface area contributed by atoms with E-state index >= 15 is 0 Å². The normalized spacial score (nSPS) is 14.6. The molecule has 1 saturated heterocycles. The average Bonchev–Trinajstić information content (AvgIpc) is 3.18. The first-order chi connectivity index (χ1) is 11.2. The summed E-state index contributed by atoms with van der Waals surface area (Å²) in [6, 6.07) is 6.27. The molecule has 0 bridgehead atoms. The number of benzene rings is 1. The van der Waals surface area contributed by atoms with Crippen molar-refractivity contribution < 1.29 is 4.39 Å². The quantitative estimate of drug-likeness (QED) is 0.806. The zero-order valence-electron chi connectivity index (χ0n) is 12.8. The highest BCUT2D eigenvalue weighted by molar-refractivity contribution is 5.88. The van der Waals surface area contributed by atoms with Gasteiger partial charge in [0.15, 0.2) is 5.65 Å². The van der Waals surface area contributed by atoms with Crippen molar-refractivity contribution in [2.75, 3.05) is 23.3 Å². The van der Waals surface area contributed by atoms with Gasteiger partial charge in [-0.3, -0.25) is 4.68 Å². The van der Waals surface area contributed by atoms with E-state index in [4.69, 9.17) is 0 Å². The minimum absolute atomic E-state index is 0.295. The lowest BCUT2D eigenvalue weighted by atomic mass is 10.3. The molecule has 6 nitrogen and oxygen atoms in total. The largest absolute Gasteiger partial charge is 0.356 e. The number of aryl methyl sites for hydroxylation is 1. The van der Waals surface area contributed by atoms with Crippen molar-refractivity contribution in [3.8, 4) is 0 Å². The van der Waals surface area contributed by atoms with Gasteiger partial charge in [0, 0.05) is 25.8 Å². The Kier molecular flexibility index (Phi) is 3.33. The Morgan fingerprint density at radius 1 is 1.17 bits per heavy atom. The van der Waals surface area contributed by atoms with Gasteiger partial charge in [0.05, 0.1) is 11.6 Å². The summed E-state index contributed by atoms with van der Waals surface area (Å²) < 4.78 is 15.1. The predicted molar refractivity (Wildman–Crippen MR) is 87.4 cm³/mol. The Bertz CT molecular complexity index is 853. The Morgan fingerprint density at radius 3 is 2.78 bits per heavy atom. The molecule has 0 unspecified atom stereocenters. The second-order valence-electron chi connectivity index (χ2n) is 5.71. The Morgan fingerprint density at radius 2 is 2.00 bits per heavy atom. The average molecular weight is 312 g/mol. The lowest BCUT2D eigenvalue weighted by molar-refractivity contribution is 0.628. The Balaban J connectivity index is 1.78. The van der Waals surface area contributed by atoms with Crippen LogP contribution in [-0.2, 0) is 7.05 Å². The molecule has 3 aromatic rings. The molecular weight excluding hydrogens is 295 g/mol. The van der Waals surface area contributed by atoms with Crippen LogP contribution in [0, 0.1) is 5.82 Å². The molecule has 1 aliphatic rings. The van der Waals surface area contributed by atoms with Crippen molar-refractivity contribution >= 4 is 28.5 Å². The van der Waals surface area contributed by atoms with E-state index in [1.807, 2.05) is 7.05 Å². The van der Waals surface area contributed by atoms with E-state index in [9.17, 15) is 4.39 Å². The van der Waals surface area contributed by atoms with E-state index in [1.54, 1.807) is 23.0 Å². The summed E-state index contributed by atoms with van der Waals surface area (Å²) in [7, 11) is 1.86. The number of rotatable bonds is 3. The number of hydrogen-bond acceptors (Lipinski definition) is 5. The fourth-order valence-corrected chi connectivity index (χ4v) is 2.93. The first kappa shape index (κ1) is 13.9. The SMILES string of the molecule is Cn1ncc2c(N3CCCC3)nc(Nc3cccc(F)c3)nc21. The lowest BCUT2D eigenvalue weighted by Gasteiger charge is -2.18. The monoisotopic (exact) mass is 312 g/mol. The Hall–Kier alpha value is -2.70. The molecule has 0 aliphatic carbocycles. The zero-order valence-corrected chi connectivity index (χ0v) is 12.8. The van der Waals surface area contributed by atoms with Crippen LogP contribution in [0.25, 0.3) is 11.0 Å². The minimum atomic E-state index is -0.295. The third-order valence-electron chi connectivity index (χ3n) is 4.06. The van der Waals surface area contributed by atoms with Crippen LogP contribution in [0.2, 0.25) is 0 Å². The van der Waals surface area contributed by atoms with E-state index in [0.717, 1.165) is 29.9 Å². The molecule has 23 heavy (non-hydrogen) atoms. The highest BCUT2D eigenvalue weighted by Gasteiger charge is 2.20. The molecule has 0 amide bonds. The van der Waals surface area contributed by atoms with Crippen molar-refractivity contribution in [3.05, 3.63) is 36.3 Å². The van der Waals surface area contributed by atoms with Crippen molar-refractivity contribution in [2.24, 2.45) is 7.05 Å². The predicted octanol–water partition coefficient (Wildman–Crippen LogP) is 2.85. The summed E-state index contributed by atoms with van der Waals surface area (Å²) in [5.41, 5.74) is 1.39. The van der Waals surface area contributed by atoms with E-state index in [-0.39, 0.29) is 5.82 Å². The molecule has 1 aliphatic heterocycles. The Labute approximate surface area is 133 Å². The van der Waals surface area contributed by atoms with E-state index < -0.39 is 0 Å². The molecular formula is C16H17FN6.